The molecule has 3 heteroatoms. The Labute approximate surface area is 121 Å². The van der Waals surface area contributed by atoms with Crippen molar-refractivity contribution in [1.82, 2.24) is 4.90 Å². The second-order valence-electron chi connectivity index (χ2n) is 6.64. The summed E-state index contributed by atoms with van der Waals surface area (Å²) >= 11 is 0. The van der Waals surface area contributed by atoms with Crippen molar-refractivity contribution in [2.45, 2.75) is 32.2 Å². The number of hydrogen-bond donors (Lipinski definition) is 1. The van der Waals surface area contributed by atoms with Crippen molar-refractivity contribution < 1.29 is 9.84 Å². The lowest BCUT2D eigenvalue weighted by molar-refractivity contribution is 0.214. The first kappa shape index (κ1) is 13.7. The Hall–Kier alpha value is -1.22. The molecule has 20 heavy (non-hydrogen) atoms. The second kappa shape index (κ2) is 5.65. The molecule has 1 aromatic carbocycles. The fourth-order valence-corrected chi connectivity index (χ4v) is 4.20. The molecule has 3 rings (SSSR count). The SMILES string of the molecule is COc1cc(CN(C)CC2CC3CCC2C3)ccc1O. The summed E-state index contributed by atoms with van der Waals surface area (Å²) in [6.07, 6.45) is 5.84. The third-order valence-corrected chi connectivity index (χ3v) is 5.13. The number of benzene rings is 1. The summed E-state index contributed by atoms with van der Waals surface area (Å²) in [7, 11) is 3.79. The van der Waals surface area contributed by atoms with Crippen LogP contribution in [0.4, 0.5) is 0 Å². The predicted octanol–water partition coefficient (Wildman–Crippen LogP) is 3.27. The van der Waals surface area contributed by atoms with Crippen molar-refractivity contribution in [3.63, 3.8) is 0 Å². The monoisotopic (exact) mass is 275 g/mol. The maximum atomic E-state index is 9.63. The predicted molar refractivity (Wildman–Crippen MR) is 79.9 cm³/mol. The van der Waals surface area contributed by atoms with E-state index in [4.69, 9.17) is 4.74 Å². The van der Waals surface area contributed by atoms with Crippen molar-refractivity contribution in [2.75, 3.05) is 20.7 Å². The minimum absolute atomic E-state index is 0.215. The molecule has 1 N–H and O–H groups in total. The zero-order valence-electron chi connectivity index (χ0n) is 12.5. The molecule has 0 aliphatic heterocycles. The number of aromatic hydroxyl groups is 1. The molecule has 2 aliphatic carbocycles. The molecule has 3 unspecified atom stereocenters. The van der Waals surface area contributed by atoms with Gasteiger partial charge in [0, 0.05) is 13.1 Å². The minimum Gasteiger partial charge on any atom is -0.504 e. The highest BCUT2D eigenvalue weighted by atomic mass is 16.5. The number of hydrogen-bond acceptors (Lipinski definition) is 3. The van der Waals surface area contributed by atoms with Crippen molar-refractivity contribution in [2.24, 2.45) is 17.8 Å². The highest BCUT2D eigenvalue weighted by molar-refractivity contribution is 5.41. The Bertz CT molecular complexity index is 474. The van der Waals surface area contributed by atoms with Gasteiger partial charge in [0.1, 0.15) is 0 Å². The van der Waals surface area contributed by atoms with E-state index in [2.05, 4.69) is 11.9 Å². The van der Waals surface area contributed by atoms with Crippen LogP contribution in [-0.2, 0) is 6.54 Å². The van der Waals surface area contributed by atoms with E-state index in [9.17, 15) is 5.11 Å². The Morgan fingerprint density at radius 2 is 2.15 bits per heavy atom. The maximum Gasteiger partial charge on any atom is 0.160 e. The number of nitrogens with zero attached hydrogens (tertiary/aromatic N) is 1. The highest BCUT2D eigenvalue weighted by Crippen LogP contribution is 2.48. The van der Waals surface area contributed by atoms with E-state index >= 15 is 0 Å². The lowest BCUT2D eigenvalue weighted by Crippen LogP contribution is -2.28. The van der Waals surface area contributed by atoms with Gasteiger partial charge in [-0.2, -0.15) is 0 Å². The Morgan fingerprint density at radius 3 is 2.80 bits per heavy atom. The van der Waals surface area contributed by atoms with Crippen molar-refractivity contribution in [3.05, 3.63) is 23.8 Å². The van der Waals surface area contributed by atoms with E-state index in [0.29, 0.717) is 5.75 Å². The molecule has 3 atom stereocenters. The summed E-state index contributed by atoms with van der Waals surface area (Å²) in [5, 5.41) is 9.63. The summed E-state index contributed by atoms with van der Waals surface area (Å²) in [6.45, 7) is 2.12. The van der Waals surface area contributed by atoms with Gasteiger partial charge in [-0.05, 0) is 61.8 Å². The van der Waals surface area contributed by atoms with Gasteiger partial charge in [0.05, 0.1) is 7.11 Å². The molecule has 1 aromatic rings. The number of phenolic OH excluding ortho intramolecular Hbond substituents is 1. The highest BCUT2D eigenvalue weighted by Gasteiger charge is 2.39. The van der Waals surface area contributed by atoms with E-state index in [1.807, 2.05) is 12.1 Å². The average molecular weight is 275 g/mol. The van der Waals surface area contributed by atoms with Crippen LogP contribution >= 0.6 is 0 Å². The molecule has 0 saturated heterocycles. The van der Waals surface area contributed by atoms with E-state index < -0.39 is 0 Å². The van der Waals surface area contributed by atoms with Gasteiger partial charge in [0.25, 0.3) is 0 Å². The molecule has 2 saturated carbocycles. The second-order valence-corrected chi connectivity index (χ2v) is 6.64. The topological polar surface area (TPSA) is 32.7 Å². The van der Waals surface area contributed by atoms with Crippen LogP contribution in [0.1, 0.15) is 31.2 Å². The Balaban J connectivity index is 1.57. The maximum absolute atomic E-state index is 9.63. The van der Waals surface area contributed by atoms with Gasteiger partial charge in [0.15, 0.2) is 11.5 Å². The Kier molecular flexibility index (Phi) is 3.88. The van der Waals surface area contributed by atoms with Gasteiger partial charge in [-0.1, -0.05) is 12.5 Å². The summed E-state index contributed by atoms with van der Waals surface area (Å²) in [4.78, 5) is 2.41. The first-order valence-corrected chi connectivity index (χ1v) is 7.70. The average Bonchev–Trinajstić information content (AvgIpc) is 3.03. The van der Waals surface area contributed by atoms with Crippen LogP contribution in [0, 0.1) is 17.8 Å². The van der Waals surface area contributed by atoms with E-state index in [-0.39, 0.29) is 5.75 Å². The molecular weight excluding hydrogens is 250 g/mol. The third kappa shape index (κ3) is 2.78. The molecule has 0 radical (unpaired) electrons. The zero-order valence-corrected chi connectivity index (χ0v) is 12.5. The number of phenols is 1. The van der Waals surface area contributed by atoms with Crippen LogP contribution in [-0.4, -0.2) is 30.7 Å². The van der Waals surface area contributed by atoms with Gasteiger partial charge in [-0.25, -0.2) is 0 Å². The molecule has 2 bridgehead atoms. The standard InChI is InChI=1S/C17H25NO2/c1-18(11-15-8-12-3-5-14(15)7-12)10-13-4-6-16(19)17(9-13)20-2/h4,6,9,12,14-15,19H,3,5,7-8,10-11H2,1-2H3. The normalized spacial score (nSPS) is 28.2. The van der Waals surface area contributed by atoms with Gasteiger partial charge >= 0.3 is 0 Å². The fraction of sp³-hybridized carbons (Fsp3) is 0.647. The van der Waals surface area contributed by atoms with Gasteiger partial charge in [0.2, 0.25) is 0 Å². The van der Waals surface area contributed by atoms with Gasteiger partial charge < -0.3 is 14.7 Å². The zero-order chi connectivity index (χ0) is 14.1. The molecule has 0 amide bonds. The summed E-state index contributed by atoms with van der Waals surface area (Å²) in [5.41, 5.74) is 1.20. The smallest absolute Gasteiger partial charge is 0.160 e. The summed E-state index contributed by atoms with van der Waals surface area (Å²) in [6, 6.07) is 5.64. The Morgan fingerprint density at radius 1 is 1.30 bits per heavy atom. The fourth-order valence-electron chi connectivity index (χ4n) is 4.20. The van der Waals surface area contributed by atoms with Crippen LogP contribution in [0.5, 0.6) is 11.5 Å². The van der Waals surface area contributed by atoms with Gasteiger partial charge in [-0.3, -0.25) is 0 Å². The summed E-state index contributed by atoms with van der Waals surface area (Å²) < 4.78 is 5.17. The van der Waals surface area contributed by atoms with Crippen LogP contribution in [0.2, 0.25) is 0 Å². The first-order chi connectivity index (χ1) is 9.65. The molecular formula is C17H25NO2. The van der Waals surface area contributed by atoms with E-state index in [1.54, 1.807) is 13.2 Å². The number of rotatable bonds is 5. The van der Waals surface area contributed by atoms with Crippen molar-refractivity contribution in [3.8, 4) is 11.5 Å². The molecule has 0 spiro atoms. The molecule has 2 aliphatic rings. The first-order valence-electron chi connectivity index (χ1n) is 7.70. The van der Waals surface area contributed by atoms with Crippen LogP contribution in [0.3, 0.4) is 0 Å². The molecule has 0 aromatic heterocycles. The lowest BCUT2D eigenvalue weighted by atomic mass is 9.88. The quantitative estimate of drug-likeness (QED) is 0.895. The number of methoxy groups -OCH3 is 1. The largest absolute Gasteiger partial charge is 0.504 e. The summed E-state index contributed by atoms with van der Waals surface area (Å²) in [5.74, 6) is 3.68. The molecule has 2 fully saturated rings. The van der Waals surface area contributed by atoms with Crippen molar-refractivity contribution in [1.29, 1.82) is 0 Å². The minimum atomic E-state index is 0.215. The van der Waals surface area contributed by atoms with Crippen LogP contribution in [0.15, 0.2) is 18.2 Å². The molecule has 110 valence electrons. The number of ether oxygens (including phenoxy) is 1. The number of fused-ring (bicyclic) bond motifs is 2. The molecule has 3 nitrogen and oxygen atoms in total. The van der Waals surface area contributed by atoms with Crippen molar-refractivity contribution >= 4 is 0 Å². The van der Waals surface area contributed by atoms with E-state index in [1.165, 1.54) is 37.8 Å². The molecule has 0 heterocycles. The van der Waals surface area contributed by atoms with Crippen LogP contribution in [0.25, 0.3) is 0 Å². The van der Waals surface area contributed by atoms with E-state index in [0.717, 1.165) is 24.3 Å². The lowest BCUT2D eigenvalue weighted by Gasteiger charge is -2.27. The van der Waals surface area contributed by atoms with Crippen LogP contribution < -0.4 is 4.74 Å². The third-order valence-electron chi connectivity index (χ3n) is 5.13. The van der Waals surface area contributed by atoms with Gasteiger partial charge in [-0.15, -0.1) is 0 Å².